The van der Waals surface area contributed by atoms with Crippen LogP contribution in [0.1, 0.15) is 16.1 Å². The third kappa shape index (κ3) is 5.05. The quantitative estimate of drug-likeness (QED) is 0.668. The summed E-state index contributed by atoms with van der Waals surface area (Å²) in [5.41, 5.74) is 6.15. The van der Waals surface area contributed by atoms with Gasteiger partial charge in [0.2, 0.25) is 0 Å². The van der Waals surface area contributed by atoms with Crippen LogP contribution in [-0.2, 0) is 16.1 Å². The molecule has 2 rings (SSSR count). The Labute approximate surface area is 137 Å². The minimum atomic E-state index is -0.902. The van der Waals surface area contributed by atoms with Crippen LogP contribution in [0.5, 0.6) is 0 Å². The number of esters is 1. The largest absolute Gasteiger partial charge is 0.451 e. The smallest absolute Gasteiger partial charge is 0.361 e. The number of imide groups is 1. The van der Waals surface area contributed by atoms with Crippen LogP contribution >= 0.6 is 0 Å². The zero-order valence-electron chi connectivity index (χ0n) is 12.6. The van der Waals surface area contributed by atoms with Crippen molar-refractivity contribution in [3.05, 3.63) is 54.0 Å². The van der Waals surface area contributed by atoms with E-state index in [2.05, 4.69) is 15.3 Å². The second-order valence-corrected chi connectivity index (χ2v) is 4.58. The second kappa shape index (κ2) is 8.22. The minimum Gasteiger partial charge on any atom is -0.451 e. The maximum atomic E-state index is 11.7. The lowest BCUT2D eigenvalue weighted by atomic mass is 10.2. The molecule has 3 amide bonds. The molecule has 0 aliphatic carbocycles. The summed E-state index contributed by atoms with van der Waals surface area (Å²) in [6.45, 7) is -0.385. The number of nitrogen functional groups attached to an aromatic ring is 1. The van der Waals surface area contributed by atoms with Crippen LogP contribution in [0.2, 0.25) is 0 Å². The number of nitrogens with zero attached hydrogens (tertiary/aromatic N) is 2. The molecule has 9 heteroatoms. The van der Waals surface area contributed by atoms with Crippen LogP contribution < -0.4 is 16.4 Å². The van der Waals surface area contributed by atoms with Crippen LogP contribution in [0, 0.1) is 0 Å². The fraction of sp³-hybridized carbons (Fsp3) is 0.133. The Morgan fingerprint density at radius 3 is 2.50 bits per heavy atom. The molecule has 24 heavy (non-hydrogen) atoms. The van der Waals surface area contributed by atoms with Crippen molar-refractivity contribution in [3.8, 4) is 0 Å². The zero-order chi connectivity index (χ0) is 17.4. The molecule has 0 aliphatic rings. The van der Waals surface area contributed by atoms with Gasteiger partial charge in [0, 0.05) is 18.9 Å². The highest BCUT2D eigenvalue weighted by Crippen LogP contribution is 2.04. The Hall–Kier alpha value is -3.49. The van der Waals surface area contributed by atoms with Crippen molar-refractivity contribution >= 4 is 23.7 Å². The molecule has 0 unspecified atom stereocenters. The fourth-order valence-corrected chi connectivity index (χ4v) is 1.69. The Kier molecular flexibility index (Phi) is 5.78. The highest BCUT2D eigenvalue weighted by molar-refractivity contribution is 5.97. The van der Waals surface area contributed by atoms with Gasteiger partial charge in [0.1, 0.15) is 0 Å². The van der Waals surface area contributed by atoms with E-state index in [-0.39, 0.29) is 18.1 Å². The summed E-state index contributed by atoms with van der Waals surface area (Å²) in [4.78, 5) is 42.2. The average molecular weight is 329 g/mol. The third-order valence-electron chi connectivity index (χ3n) is 2.80. The van der Waals surface area contributed by atoms with Crippen molar-refractivity contribution in [1.82, 2.24) is 20.6 Å². The Morgan fingerprint density at radius 2 is 1.79 bits per heavy atom. The van der Waals surface area contributed by atoms with Gasteiger partial charge >= 0.3 is 12.0 Å². The van der Waals surface area contributed by atoms with Gasteiger partial charge in [-0.15, -0.1) is 0 Å². The van der Waals surface area contributed by atoms with Crippen molar-refractivity contribution in [1.29, 1.82) is 0 Å². The van der Waals surface area contributed by atoms with E-state index >= 15 is 0 Å². The molecular weight excluding hydrogens is 314 g/mol. The molecule has 0 fully saturated rings. The Balaban J connectivity index is 1.74. The van der Waals surface area contributed by atoms with Crippen LogP contribution in [-0.4, -0.2) is 34.5 Å². The van der Waals surface area contributed by atoms with Gasteiger partial charge in [-0.2, -0.15) is 0 Å². The first-order chi connectivity index (χ1) is 11.6. The molecule has 0 aliphatic heterocycles. The first kappa shape index (κ1) is 16.9. The number of aromatic nitrogens is 2. The topological polar surface area (TPSA) is 136 Å². The van der Waals surface area contributed by atoms with Gasteiger partial charge < -0.3 is 15.8 Å². The number of urea groups is 1. The van der Waals surface area contributed by atoms with E-state index in [0.717, 1.165) is 5.56 Å². The highest BCUT2D eigenvalue weighted by Gasteiger charge is 2.16. The van der Waals surface area contributed by atoms with Gasteiger partial charge in [0.15, 0.2) is 18.1 Å². The number of rotatable bonds is 5. The molecule has 0 saturated carbocycles. The Morgan fingerprint density at radius 1 is 1.08 bits per heavy atom. The number of ether oxygens (including phenoxy) is 1. The van der Waals surface area contributed by atoms with Crippen molar-refractivity contribution < 1.29 is 19.1 Å². The van der Waals surface area contributed by atoms with Crippen molar-refractivity contribution in [2.45, 2.75) is 6.54 Å². The van der Waals surface area contributed by atoms with Gasteiger partial charge in [-0.3, -0.25) is 10.1 Å². The van der Waals surface area contributed by atoms with Crippen LogP contribution in [0.15, 0.2) is 42.7 Å². The van der Waals surface area contributed by atoms with E-state index < -0.39 is 24.5 Å². The lowest BCUT2D eigenvalue weighted by molar-refractivity contribution is -0.123. The average Bonchev–Trinajstić information content (AvgIpc) is 2.59. The molecule has 1 aromatic heterocycles. The van der Waals surface area contributed by atoms with Crippen LogP contribution in [0.4, 0.5) is 10.6 Å². The summed E-state index contributed by atoms with van der Waals surface area (Å²) in [5.74, 6) is -1.79. The van der Waals surface area contributed by atoms with Gasteiger partial charge in [-0.1, -0.05) is 30.3 Å². The summed E-state index contributed by atoms with van der Waals surface area (Å²) >= 11 is 0. The zero-order valence-corrected chi connectivity index (χ0v) is 12.6. The molecule has 0 spiro atoms. The van der Waals surface area contributed by atoms with Gasteiger partial charge in [0.25, 0.3) is 5.91 Å². The lowest BCUT2D eigenvalue weighted by Gasteiger charge is -2.07. The summed E-state index contributed by atoms with van der Waals surface area (Å²) < 4.78 is 4.72. The monoisotopic (exact) mass is 329 g/mol. The Bertz CT molecular complexity index is 736. The normalized spacial score (nSPS) is 9.83. The SMILES string of the molecule is Nc1nccnc1C(=O)OCC(=O)NC(=O)NCc1ccccc1. The molecule has 0 bridgehead atoms. The van der Waals surface area contributed by atoms with E-state index in [0.29, 0.717) is 0 Å². The van der Waals surface area contributed by atoms with E-state index in [4.69, 9.17) is 10.5 Å². The van der Waals surface area contributed by atoms with E-state index in [1.165, 1.54) is 12.4 Å². The van der Waals surface area contributed by atoms with Crippen molar-refractivity contribution in [2.24, 2.45) is 0 Å². The number of anilines is 1. The number of carbonyl (C=O) groups is 3. The first-order valence-electron chi connectivity index (χ1n) is 6.91. The summed E-state index contributed by atoms with van der Waals surface area (Å²) in [7, 11) is 0. The predicted octanol–water partition coefficient (Wildman–Crippen LogP) is 0.242. The number of amides is 3. The van der Waals surface area contributed by atoms with E-state index in [1.807, 2.05) is 35.6 Å². The predicted molar refractivity (Wildman–Crippen MR) is 83.5 cm³/mol. The molecule has 1 heterocycles. The van der Waals surface area contributed by atoms with Gasteiger partial charge in [-0.05, 0) is 5.56 Å². The van der Waals surface area contributed by atoms with E-state index in [9.17, 15) is 14.4 Å². The maximum absolute atomic E-state index is 11.7. The summed E-state index contributed by atoms with van der Waals surface area (Å²) in [6.07, 6.45) is 2.58. The lowest BCUT2D eigenvalue weighted by Crippen LogP contribution is -2.41. The van der Waals surface area contributed by atoms with Crippen LogP contribution in [0.3, 0.4) is 0 Å². The standard InChI is InChI=1S/C15H15N5O4/c16-13-12(17-6-7-18-13)14(22)24-9-11(21)20-15(23)19-8-10-4-2-1-3-5-10/h1-7H,8-9H2,(H2,16,18)(H2,19,20,21,23). The molecular formula is C15H15N5O4. The number of hydrogen-bond donors (Lipinski definition) is 3. The fourth-order valence-electron chi connectivity index (χ4n) is 1.69. The second-order valence-electron chi connectivity index (χ2n) is 4.58. The first-order valence-corrected chi connectivity index (χ1v) is 6.91. The maximum Gasteiger partial charge on any atom is 0.361 e. The number of carbonyl (C=O) groups excluding carboxylic acids is 3. The van der Waals surface area contributed by atoms with Crippen molar-refractivity contribution in [2.75, 3.05) is 12.3 Å². The molecule has 0 atom stereocenters. The molecule has 4 N–H and O–H groups in total. The third-order valence-corrected chi connectivity index (χ3v) is 2.80. The molecule has 2 aromatic rings. The minimum absolute atomic E-state index is 0.108. The molecule has 0 saturated heterocycles. The van der Waals surface area contributed by atoms with Gasteiger partial charge in [0.05, 0.1) is 0 Å². The number of nitrogens with two attached hydrogens (primary N) is 1. The van der Waals surface area contributed by atoms with Crippen LogP contribution in [0.25, 0.3) is 0 Å². The van der Waals surface area contributed by atoms with Gasteiger partial charge in [-0.25, -0.2) is 19.6 Å². The number of nitrogens with one attached hydrogen (secondary N) is 2. The molecule has 1 aromatic carbocycles. The number of benzene rings is 1. The summed E-state index contributed by atoms with van der Waals surface area (Å²) in [6, 6.07) is 8.48. The molecule has 0 radical (unpaired) electrons. The van der Waals surface area contributed by atoms with Crippen molar-refractivity contribution in [3.63, 3.8) is 0 Å². The highest BCUT2D eigenvalue weighted by atomic mass is 16.5. The molecule has 9 nitrogen and oxygen atoms in total. The number of hydrogen-bond acceptors (Lipinski definition) is 7. The molecule has 124 valence electrons. The van der Waals surface area contributed by atoms with E-state index in [1.54, 1.807) is 0 Å². The summed E-state index contributed by atoms with van der Waals surface area (Å²) in [5, 5.41) is 4.54.